The molecule has 1 N–H and O–H groups in total. The number of nitrogens with zero attached hydrogens (tertiary/aromatic N) is 1. The van der Waals surface area contributed by atoms with Crippen molar-refractivity contribution in [2.24, 2.45) is 5.92 Å². The molecular formula is C15H22BrClN2. The Labute approximate surface area is 129 Å². The molecule has 1 heterocycles. The summed E-state index contributed by atoms with van der Waals surface area (Å²) in [5, 5.41) is 4.31. The van der Waals surface area contributed by atoms with Crippen LogP contribution < -0.4 is 5.32 Å². The average Bonchev–Trinajstić information content (AvgIpc) is 2.43. The van der Waals surface area contributed by atoms with Crippen LogP contribution in [-0.2, 0) is 6.54 Å². The van der Waals surface area contributed by atoms with Crippen LogP contribution in [-0.4, -0.2) is 31.1 Å². The van der Waals surface area contributed by atoms with Gasteiger partial charge in [0, 0.05) is 22.6 Å². The van der Waals surface area contributed by atoms with Gasteiger partial charge in [-0.15, -0.1) is 0 Å². The van der Waals surface area contributed by atoms with Gasteiger partial charge in [-0.3, -0.25) is 4.90 Å². The fourth-order valence-corrected chi connectivity index (χ4v) is 3.22. The van der Waals surface area contributed by atoms with Crippen molar-refractivity contribution >= 4 is 27.5 Å². The van der Waals surface area contributed by atoms with Crippen LogP contribution in [0.5, 0.6) is 0 Å². The standard InChI is InChI=1S/C15H22BrClN2/c1-2-19(10-12-4-3-7-18-9-12)11-13-8-14(17)5-6-15(13)16/h5-6,8,12,18H,2-4,7,9-11H2,1H3. The topological polar surface area (TPSA) is 15.3 Å². The third kappa shape index (κ3) is 4.75. The summed E-state index contributed by atoms with van der Waals surface area (Å²) in [7, 11) is 0. The number of hydrogen-bond donors (Lipinski definition) is 1. The highest BCUT2D eigenvalue weighted by atomic mass is 79.9. The maximum Gasteiger partial charge on any atom is 0.0410 e. The first-order chi connectivity index (χ1) is 9.19. The van der Waals surface area contributed by atoms with Crippen molar-refractivity contribution in [2.45, 2.75) is 26.3 Å². The second-order valence-electron chi connectivity index (χ2n) is 5.28. The zero-order valence-electron chi connectivity index (χ0n) is 11.5. The molecule has 106 valence electrons. The molecule has 4 heteroatoms. The van der Waals surface area contributed by atoms with Crippen LogP contribution in [0.2, 0.25) is 5.02 Å². The van der Waals surface area contributed by atoms with E-state index in [4.69, 9.17) is 11.6 Å². The van der Waals surface area contributed by atoms with E-state index in [0.717, 1.165) is 35.0 Å². The molecular weight excluding hydrogens is 324 g/mol. The van der Waals surface area contributed by atoms with Crippen molar-refractivity contribution in [1.82, 2.24) is 10.2 Å². The zero-order valence-corrected chi connectivity index (χ0v) is 13.8. The Kier molecular flexibility index (Phi) is 6.14. The summed E-state index contributed by atoms with van der Waals surface area (Å²) in [5.41, 5.74) is 1.28. The van der Waals surface area contributed by atoms with Gasteiger partial charge >= 0.3 is 0 Å². The molecule has 0 amide bonds. The minimum atomic E-state index is 0.784. The molecule has 1 fully saturated rings. The van der Waals surface area contributed by atoms with E-state index in [9.17, 15) is 0 Å². The number of benzene rings is 1. The maximum atomic E-state index is 6.09. The van der Waals surface area contributed by atoms with Gasteiger partial charge in [0.1, 0.15) is 0 Å². The van der Waals surface area contributed by atoms with Gasteiger partial charge in [-0.1, -0.05) is 34.5 Å². The first kappa shape index (κ1) is 15.3. The second kappa shape index (κ2) is 7.63. The highest BCUT2D eigenvalue weighted by Crippen LogP contribution is 2.23. The normalized spacial score (nSPS) is 19.9. The molecule has 0 spiro atoms. The van der Waals surface area contributed by atoms with E-state index in [0.29, 0.717) is 0 Å². The SMILES string of the molecule is CCN(Cc1cc(Cl)ccc1Br)CC1CCCNC1. The molecule has 0 aromatic heterocycles. The van der Waals surface area contributed by atoms with E-state index in [1.165, 1.54) is 31.5 Å². The Hall–Kier alpha value is -0.0900. The predicted molar refractivity (Wildman–Crippen MR) is 85.7 cm³/mol. The largest absolute Gasteiger partial charge is 0.316 e. The molecule has 1 aromatic rings. The maximum absolute atomic E-state index is 6.09. The number of rotatable bonds is 5. The molecule has 0 radical (unpaired) electrons. The van der Waals surface area contributed by atoms with Crippen molar-refractivity contribution in [1.29, 1.82) is 0 Å². The summed E-state index contributed by atoms with van der Waals surface area (Å²) in [6, 6.07) is 6.03. The fourth-order valence-electron chi connectivity index (χ4n) is 2.66. The summed E-state index contributed by atoms with van der Waals surface area (Å²) in [6.07, 6.45) is 2.66. The monoisotopic (exact) mass is 344 g/mol. The van der Waals surface area contributed by atoms with E-state index in [1.54, 1.807) is 0 Å². The molecule has 0 aliphatic carbocycles. The van der Waals surface area contributed by atoms with Crippen molar-refractivity contribution in [3.05, 3.63) is 33.3 Å². The molecule has 1 aliphatic heterocycles. The quantitative estimate of drug-likeness (QED) is 0.870. The Morgan fingerprint density at radius 1 is 1.47 bits per heavy atom. The summed E-state index contributed by atoms with van der Waals surface area (Å²) >= 11 is 9.70. The summed E-state index contributed by atoms with van der Waals surface area (Å²) in [4.78, 5) is 2.51. The number of hydrogen-bond acceptors (Lipinski definition) is 2. The Morgan fingerprint density at radius 3 is 3.00 bits per heavy atom. The molecule has 1 saturated heterocycles. The predicted octanol–water partition coefficient (Wildman–Crippen LogP) is 3.92. The fraction of sp³-hybridized carbons (Fsp3) is 0.600. The zero-order chi connectivity index (χ0) is 13.7. The third-order valence-electron chi connectivity index (χ3n) is 3.76. The van der Waals surface area contributed by atoms with E-state index < -0.39 is 0 Å². The minimum Gasteiger partial charge on any atom is -0.316 e. The number of halogens is 2. The molecule has 0 bridgehead atoms. The molecule has 1 atom stereocenters. The van der Waals surface area contributed by atoms with E-state index in [-0.39, 0.29) is 0 Å². The lowest BCUT2D eigenvalue weighted by atomic mass is 9.99. The first-order valence-corrected chi connectivity index (χ1v) is 8.23. The molecule has 1 aliphatic rings. The molecule has 2 rings (SSSR count). The smallest absolute Gasteiger partial charge is 0.0410 e. The van der Waals surface area contributed by atoms with Crippen LogP contribution >= 0.6 is 27.5 Å². The van der Waals surface area contributed by atoms with Gasteiger partial charge in [0.2, 0.25) is 0 Å². The lowest BCUT2D eigenvalue weighted by molar-refractivity contribution is 0.209. The first-order valence-electron chi connectivity index (χ1n) is 7.06. The summed E-state index contributed by atoms with van der Waals surface area (Å²) in [5.74, 6) is 0.784. The van der Waals surface area contributed by atoms with Crippen LogP contribution in [0, 0.1) is 5.92 Å². The second-order valence-corrected chi connectivity index (χ2v) is 6.57. The van der Waals surface area contributed by atoms with Gasteiger partial charge in [-0.25, -0.2) is 0 Å². The molecule has 1 unspecified atom stereocenters. The highest BCUT2D eigenvalue weighted by Gasteiger charge is 2.17. The Bertz CT molecular complexity index is 405. The lowest BCUT2D eigenvalue weighted by Gasteiger charge is -2.29. The number of piperidine rings is 1. The van der Waals surface area contributed by atoms with Gasteiger partial charge in [0.05, 0.1) is 0 Å². The van der Waals surface area contributed by atoms with Crippen LogP contribution in [0.15, 0.2) is 22.7 Å². The van der Waals surface area contributed by atoms with Crippen molar-refractivity contribution in [3.8, 4) is 0 Å². The van der Waals surface area contributed by atoms with Gasteiger partial charge in [0.25, 0.3) is 0 Å². The molecule has 2 nitrogen and oxygen atoms in total. The average molecular weight is 346 g/mol. The van der Waals surface area contributed by atoms with E-state index in [2.05, 4.69) is 39.1 Å². The van der Waals surface area contributed by atoms with Crippen molar-refractivity contribution in [2.75, 3.05) is 26.2 Å². The van der Waals surface area contributed by atoms with Crippen molar-refractivity contribution in [3.63, 3.8) is 0 Å². The molecule has 1 aromatic carbocycles. The van der Waals surface area contributed by atoms with Gasteiger partial charge < -0.3 is 5.32 Å². The van der Waals surface area contributed by atoms with Crippen LogP contribution in [0.4, 0.5) is 0 Å². The third-order valence-corrected chi connectivity index (χ3v) is 4.77. The van der Waals surface area contributed by atoms with Gasteiger partial charge in [-0.2, -0.15) is 0 Å². The number of nitrogens with one attached hydrogen (secondary N) is 1. The summed E-state index contributed by atoms with van der Waals surface area (Å²) < 4.78 is 1.15. The van der Waals surface area contributed by atoms with Gasteiger partial charge in [0.15, 0.2) is 0 Å². The van der Waals surface area contributed by atoms with Crippen LogP contribution in [0.3, 0.4) is 0 Å². The summed E-state index contributed by atoms with van der Waals surface area (Å²) in [6.45, 7) is 7.79. The molecule has 0 saturated carbocycles. The van der Waals surface area contributed by atoms with Crippen molar-refractivity contribution < 1.29 is 0 Å². The van der Waals surface area contributed by atoms with E-state index >= 15 is 0 Å². The Balaban J connectivity index is 1.95. The van der Waals surface area contributed by atoms with Gasteiger partial charge in [-0.05, 0) is 62.2 Å². The highest BCUT2D eigenvalue weighted by molar-refractivity contribution is 9.10. The van der Waals surface area contributed by atoms with Crippen LogP contribution in [0.25, 0.3) is 0 Å². The molecule has 19 heavy (non-hydrogen) atoms. The Morgan fingerprint density at radius 2 is 2.32 bits per heavy atom. The van der Waals surface area contributed by atoms with Crippen LogP contribution in [0.1, 0.15) is 25.3 Å². The van der Waals surface area contributed by atoms with E-state index in [1.807, 2.05) is 12.1 Å². The lowest BCUT2D eigenvalue weighted by Crippen LogP contribution is -2.38. The minimum absolute atomic E-state index is 0.784.